The third-order valence-corrected chi connectivity index (χ3v) is 3.04. The van der Waals surface area contributed by atoms with Gasteiger partial charge in [-0.3, -0.25) is 0 Å². The topological polar surface area (TPSA) is 54.3 Å². The van der Waals surface area contributed by atoms with Gasteiger partial charge in [0.1, 0.15) is 0 Å². The fraction of sp³-hybridized carbons (Fsp3) is 0.154. The molecule has 2 rings (SSSR count). The van der Waals surface area contributed by atoms with Crippen LogP contribution in [-0.4, -0.2) is 22.7 Å². The van der Waals surface area contributed by atoms with E-state index in [-0.39, 0.29) is 5.69 Å². The molecule has 4 nitrogen and oxygen atoms in total. The lowest BCUT2D eigenvalue weighted by Crippen LogP contribution is -2.06. The number of anilines is 1. The molecule has 5 heteroatoms. The van der Waals surface area contributed by atoms with Crippen molar-refractivity contribution in [2.75, 3.05) is 12.4 Å². The summed E-state index contributed by atoms with van der Waals surface area (Å²) in [7, 11) is 3.42. The Morgan fingerprint density at radius 2 is 1.94 bits per heavy atom. The van der Waals surface area contributed by atoms with Gasteiger partial charge >= 0.3 is 5.97 Å². The van der Waals surface area contributed by atoms with Crippen LogP contribution in [-0.2, 0) is 7.05 Å². The Balaban J connectivity index is 2.61. The molecule has 0 aliphatic rings. The molecule has 18 heavy (non-hydrogen) atoms. The van der Waals surface area contributed by atoms with Gasteiger partial charge < -0.3 is 15.0 Å². The van der Waals surface area contributed by atoms with Gasteiger partial charge in [0, 0.05) is 30.9 Å². The normalized spacial score (nSPS) is 10.4. The van der Waals surface area contributed by atoms with Crippen LogP contribution >= 0.6 is 11.6 Å². The summed E-state index contributed by atoms with van der Waals surface area (Å²) in [5.74, 6) is -0.956. The predicted octanol–water partition coefficient (Wildman–Crippen LogP) is 3.09. The molecule has 0 unspecified atom stereocenters. The van der Waals surface area contributed by atoms with Crippen molar-refractivity contribution in [1.82, 2.24) is 4.57 Å². The summed E-state index contributed by atoms with van der Waals surface area (Å²) in [4.78, 5) is 11.2. The summed E-state index contributed by atoms with van der Waals surface area (Å²) in [5, 5.41) is 12.8. The van der Waals surface area contributed by atoms with E-state index < -0.39 is 5.97 Å². The maximum atomic E-state index is 11.2. The van der Waals surface area contributed by atoms with E-state index in [9.17, 15) is 9.90 Å². The highest BCUT2D eigenvalue weighted by Crippen LogP contribution is 2.33. The predicted molar refractivity (Wildman–Crippen MR) is 72.4 cm³/mol. The molecule has 0 amide bonds. The lowest BCUT2D eigenvalue weighted by atomic mass is 10.1. The highest BCUT2D eigenvalue weighted by molar-refractivity contribution is 6.30. The lowest BCUT2D eigenvalue weighted by molar-refractivity contribution is 0.0687. The van der Waals surface area contributed by atoms with Crippen LogP contribution in [0.3, 0.4) is 0 Å². The standard InChI is InChI=1S/C13H13ClN2O2/c1-15-11-10(7-16(2)12(11)13(17)18)8-3-5-9(14)6-4-8/h3-7,15H,1-2H3,(H,17,18). The molecule has 1 heterocycles. The molecule has 2 aromatic rings. The number of benzene rings is 1. The van der Waals surface area contributed by atoms with Crippen molar-refractivity contribution < 1.29 is 9.90 Å². The number of hydrogen-bond donors (Lipinski definition) is 2. The van der Waals surface area contributed by atoms with Crippen LogP contribution < -0.4 is 5.32 Å². The summed E-state index contributed by atoms with van der Waals surface area (Å²) in [6, 6.07) is 7.29. The maximum Gasteiger partial charge on any atom is 0.354 e. The van der Waals surface area contributed by atoms with Crippen LogP contribution in [0, 0.1) is 0 Å². The number of hydrogen-bond acceptors (Lipinski definition) is 2. The zero-order chi connectivity index (χ0) is 13.3. The Morgan fingerprint density at radius 3 is 2.44 bits per heavy atom. The van der Waals surface area contributed by atoms with Crippen molar-refractivity contribution in [2.24, 2.45) is 7.05 Å². The van der Waals surface area contributed by atoms with Gasteiger partial charge in [0.25, 0.3) is 0 Å². The average molecular weight is 265 g/mol. The lowest BCUT2D eigenvalue weighted by Gasteiger charge is -2.05. The van der Waals surface area contributed by atoms with Crippen LogP contribution in [0.25, 0.3) is 11.1 Å². The fourth-order valence-corrected chi connectivity index (χ4v) is 2.11. The van der Waals surface area contributed by atoms with Crippen molar-refractivity contribution in [2.45, 2.75) is 0 Å². The minimum Gasteiger partial charge on any atom is -0.477 e. The number of nitrogens with one attached hydrogen (secondary N) is 1. The second-order valence-electron chi connectivity index (χ2n) is 3.94. The van der Waals surface area contributed by atoms with Gasteiger partial charge in [-0.05, 0) is 17.7 Å². The summed E-state index contributed by atoms with van der Waals surface area (Å²) in [6.07, 6.45) is 1.79. The molecule has 1 aromatic carbocycles. The van der Waals surface area contributed by atoms with E-state index >= 15 is 0 Å². The van der Waals surface area contributed by atoms with E-state index in [1.54, 1.807) is 37.0 Å². The summed E-state index contributed by atoms with van der Waals surface area (Å²) in [5.41, 5.74) is 2.61. The summed E-state index contributed by atoms with van der Waals surface area (Å²) >= 11 is 5.84. The SMILES string of the molecule is CNc1c(-c2ccc(Cl)cc2)cn(C)c1C(=O)O. The Morgan fingerprint density at radius 1 is 1.33 bits per heavy atom. The Hall–Kier alpha value is -1.94. The van der Waals surface area contributed by atoms with E-state index in [0.717, 1.165) is 11.1 Å². The molecule has 0 atom stereocenters. The third-order valence-electron chi connectivity index (χ3n) is 2.79. The largest absolute Gasteiger partial charge is 0.477 e. The van der Waals surface area contributed by atoms with Crippen LogP contribution in [0.1, 0.15) is 10.5 Å². The number of aromatic nitrogens is 1. The zero-order valence-electron chi connectivity index (χ0n) is 10.1. The molecule has 0 spiro atoms. The smallest absolute Gasteiger partial charge is 0.354 e. The number of halogens is 1. The summed E-state index contributed by atoms with van der Waals surface area (Å²) < 4.78 is 1.60. The molecule has 1 aromatic heterocycles. The molecule has 0 bridgehead atoms. The van der Waals surface area contributed by atoms with Gasteiger partial charge in [-0.2, -0.15) is 0 Å². The average Bonchev–Trinajstić information content (AvgIpc) is 2.67. The number of carboxylic acid groups (broad SMARTS) is 1. The second-order valence-corrected chi connectivity index (χ2v) is 4.38. The first kappa shape index (κ1) is 12.5. The summed E-state index contributed by atoms with van der Waals surface area (Å²) in [6.45, 7) is 0. The second kappa shape index (κ2) is 4.74. The van der Waals surface area contributed by atoms with Crippen molar-refractivity contribution in [3.63, 3.8) is 0 Å². The quantitative estimate of drug-likeness (QED) is 0.896. The van der Waals surface area contributed by atoms with Crippen LogP contribution in [0.5, 0.6) is 0 Å². The first-order chi connectivity index (χ1) is 8.54. The minimum absolute atomic E-state index is 0.238. The first-order valence-corrected chi connectivity index (χ1v) is 5.78. The number of aryl methyl sites for hydroxylation is 1. The van der Waals surface area contributed by atoms with Crippen LogP contribution in [0.15, 0.2) is 30.5 Å². The fourth-order valence-electron chi connectivity index (χ4n) is 1.99. The number of carbonyl (C=O) groups is 1. The number of rotatable bonds is 3. The van der Waals surface area contributed by atoms with E-state index in [1.807, 2.05) is 12.1 Å². The van der Waals surface area contributed by atoms with Crippen molar-refractivity contribution in [3.05, 3.63) is 41.2 Å². The van der Waals surface area contributed by atoms with Crippen LogP contribution in [0.4, 0.5) is 5.69 Å². The number of aromatic carboxylic acids is 1. The highest BCUT2D eigenvalue weighted by Gasteiger charge is 2.19. The minimum atomic E-state index is -0.956. The molecule has 2 N–H and O–H groups in total. The van der Waals surface area contributed by atoms with Crippen molar-refractivity contribution >= 4 is 23.3 Å². The van der Waals surface area contributed by atoms with Gasteiger partial charge in [0.2, 0.25) is 0 Å². The van der Waals surface area contributed by atoms with Crippen molar-refractivity contribution in [1.29, 1.82) is 0 Å². The van der Waals surface area contributed by atoms with E-state index in [1.165, 1.54) is 0 Å². The Kier molecular flexibility index (Phi) is 3.30. The molecule has 0 radical (unpaired) electrons. The van der Waals surface area contributed by atoms with Crippen LogP contribution in [0.2, 0.25) is 5.02 Å². The zero-order valence-corrected chi connectivity index (χ0v) is 10.8. The first-order valence-electron chi connectivity index (χ1n) is 5.41. The molecule has 0 aliphatic carbocycles. The molecule has 94 valence electrons. The number of carboxylic acids is 1. The van der Waals surface area contributed by atoms with Gasteiger partial charge in [-0.1, -0.05) is 23.7 Å². The molecular weight excluding hydrogens is 252 g/mol. The third kappa shape index (κ3) is 2.07. The van der Waals surface area contributed by atoms with Gasteiger partial charge in [-0.15, -0.1) is 0 Å². The van der Waals surface area contributed by atoms with Gasteiger partial charge in [-0.25, -0.2) is 4.79 Å². The van der Waals surface area contributed by atoms with E-state index in [2.05, 4.69) is 5.32 Å². The molecular formula is C13H13ClN2O2. The highest BCUT2D eigenvalue weighted by atomic mass is 35.5. The molecule has 0 saturated heterocycles. The van der Waals surface area contributed by atoms with E-state index in [4.69, 9.17) is 11.6 Å². The van der Waals surface area contributed by atoms with E-state index in [0.29, 0.717) is 10.7 Å². The Labute approximate surface area is 110 Å². The van der Waals surface area contributed by atoms with Crippen molar-refractivity contribution in [3.8, 4) is 11.1 Å². The molecule has 0 aliphatic heterocycles. The monoisotopic (exact) mass is 264 g/mol. The van der Waals surface area contributed by atoms with Gasteiger partial charge in [0.15, 0.2) is 5.69 Å². The van der Waals surface area contributed by atoms with Gasteiger partial charge in [0.05, 0.1) is 5.69 Å². The number of nitrogens with zero attached hydrogens (tertiary/aromatic N) is 1. The maximum absolute atomic E-state index is 11.2. The molecule has 0 fully saturated rings. The Bertz CT molecular complexity index is 588. The molecule has 0 saturated carbocycles.